The summed E-state index contributed by atoms with van der Waals surface area (Å²) in [5.41, 5.74) is 0.170. The standard InChI is InChI=1S/C23H9Cl6FN2O3/c24-11-5-4-10(7-12(11)25)31-19(8-2-1-3-9(30)6-8)20(23(31)35)32-21(33)13-14(22(32)34)16(27)18(29)17(28)15(13)26/h1-7,19-20H/t19-,20+/m0/s1. The summed E-state index contributed by atoms with van der Waals surface area (Å²) >= 11 is 36.8. The van der Waals surface area contributed by atoms with Gasteiger partial charge in [-0.1, -0.05) is 81.7 Å². The lowest BCUT2D eigenvalue weighted by atomic mass is 9.86. The van der Waals surface area contributed by atoms with E-state index in [0.717, 1.165) is 4.90 Å². The first-order valence-corrected chi connectivity index (χ1v) is 12.1. The maximum Gasteiger partial charge on any atom is 0.264 e. The summed E-state index contributed by atoms with van der Waals surface area (Å²) in [6.45, 7) is 0. The zero-order chi connectivity index (χ0) is 25.3. The molecular weight excluding hydrogens is 584 g/mol. The number of halogens is 7. The lowest BCUT2D eigenvalue weighted by molar-refractivity contribution is -0.130. The number of anilines is 1. The number of carbonyl (C=O) groups is 3. The highest BCUT2D eigenvalue weighted by Gasteiger charge is 2.58. The number of amides is 3. The monoisotopic (exact) mass is 590 g/mol. The van der Waals surface area contributed by atoms with Gasteiger partial charge in [0.05, 0.1) is 47.3 Å². The summed E-state index contributed by atoms with van der Waals surface area (Å²) in [4.78, 5) is 42.3. The minimum atomic E-state index is -1.33. The van der Waals surface area contributed by atoms with Crippen LogP contribution in [0.15, 0.2) is 42.5 Å². The maximum atomic E-state index is 14.1. The minimum Gasteiger partial charge on any atom is -0.300 e. The lowest BCUT2D eigenvalue weighted by Crippen LogP contribution is -2.67. The topological polar surface area (TPSA) is 57.7 Å². The third-order valence-corrected chi connectivity index (χ3v) is 8.39. The van der Waals surface area contributed by atoms with Gasteiger partial charge in [-0.05, 0) is 35.9 Å². The first-order chi connectivity index (χ1) is 16.5. The number of benzene rings is 3. The average Bonchev–Trinajstić information content (AvgIpc) is 3.07. The van der Waals surface area contributed by atoms with Gasteiger partial charge in [0.1, 0.15) is 11.9 Å². The second-order valence-electron chi connectivity index (χ2n) is 7.74. The van der Waals surface area contributed by atoms with Crippen molar-refractivity contribution in [2.75, 3.05) is 4.90 Å². The van der Waals surface area contributed by atoms with Crippen LogP contribution in [0.5, 0.6) is 0 Å². The van der Waals surface area contributed by atoms with Gasteiger partial charge in [0, 0.05) is 5.69 Å². The Kier molecular flexibility index (Phi) is 6.19. The maximum absolute atomic E-state index is 14.1. The van der Waals surface area contributed by atoms with Crippen molar-refractivity contribution < 1.29 is 18.8 Å². The van der Waals surface area contributed by atoms with E-state index in [1.165, 1.54) is 35.2 Å². The van der Waals surface area contributed by atoms with Gasteiger partial charge in [-0.3, -0.25) is 19.3 Å². The van der Waals surface area contributed by atoms with Crippen molar-refractivity contribution in [2.45, 2.75) is 12.1 Å². The second-order valence-corrected chi connectivity index (χ2v) is 10.1. The summed E-state index contributed by atoms with van der Waals surface area (Å²) in [5, 5.41) is -0.458. The third-order valence-electron chi connectivity index (χ3n) is 5.85. The molecule has 0 aliphatic carbocycles. The van der Waals surface area contributed by atoms with Crippen LogP contribution >= 0.6 is 69.6 Å². The Bertz CT molecular complexity index is 1430. The van der Waals surface area contributed by atoms with Gasteiger partial charge in [0.2, 0.25) is 0 Å². The van der Waals surface area contributed by atoms with Crippen LogP contribution < -0.4 is 4.90 Å². The molecule has 3 aromatic rings. The molecule has 178 valence electrons. The molecule has 5 rings (SSSR count). The molecule has 5 nitrogen and oxygen atoms in total. The molecule has 0 saturated carbocycles. The van der Waals surface area contributed by atoms with Crippen LogP contribution in [0.25, 0.3) is 0 Å². The van der Waals surface area contributed by atoms with E-state index in [9.17, 15) is 18.8 Å². The van der Waals surface area contributed by atoms with E-state index < -0.39 is 35.6 Å². The van der Waals surface area contributed by atoms with Gasteiger partial charge in [-0.2, -0.15) is 0 Å². The highest BCUT2D eigenvalue weighted by atomic mass is 35.5. The Hall–Kier alpha value is -2.06. The van der Waals surface area contributed by atoms with E-state index in [4.69, 9.17) is 69.6 Å². The zero-order valence-electron chi connectivity index (χ0n) is 17.0. The molecule has 0 aromatic heterocycles. The Morgan fingerprint density at radius 3 is 1.80 bits per heavy atom. The molecule has 3 aromatic carbocycles. The van der Waals surface area contributed by atoms with Crippen LogP contribution in [-0.2, 0) is 4.79 Å². The molecule has 0 radical (unpaired) electrons. The predicted molar refractivity (Wildman–Crippen MR) is 134 cm³/mol. The largest absolute Gasteiger partial charge is 0.300 e. The highest BCUT2D eigenvalue weighted by molar-refractivity contribution is 6.55. The summed E-state index contributed by atoms with van der Waals surface area (Å²) in [6.07, 6.45) is 0. The fourth-order valence-electron chi connectivity index (χ4n) is 4.29. The van der Waals surface area contributed by atoms with Crippen molar-refractivity contribution in [3.05, 3.63) is 95.1 Å². The van der Waals surface area contributed by atoms with Gasteiger partial charge in [-0.15, -0.1) is 0 Å². The molecule has 12 heteroatoms. The molecule has 0 unspecified atom stereocenters. The van der Waals surface area contributed by atoms with E-state index >= 15 is 0 Å². The molecule has 2 heterocycles. The average molecular weight is 593 g/mol. The number of imide groups is 1. The third kappa shape index (κ3) is 3.62. The van der Waals surface area contributed by atoms with Gasteiger partial charge in [-0.25, -0.2) is 4.39 Å². The van der Waals surface area contributed by atoms with Crippen molar-refractivity contribution in [3.63, 3.8) is 0 Å². The zero-order valence-corrected chi connectivity index (χ0v) is 21.5. The first kappa shape index (κ1) is 24.6. The minimum absolute atomic E-state index is 0.182. The summed E-state index contributed by atoms with van der Waals surface area (Å²) in [7, 11) is 0. The molecular formula is C23H9Cl6FN2O3. The smallest absolute Gasteiger partial charge is 0.264 e. The van der Waals surface area contributed by atoms with Crippen molar-refractivity contribution in [3.8, 4) is 0 Å². The number of fused-ring (bicyclic) bond motifs is 1. The summed E-state index contributed by atoms with van der Waals surface area (Å²) < 4.78 is 14.1. The van der Waals surface area contributed by atoms with Crippen molar-refractivity contribution in [2.24, 2.45) is 0 Å². The number of nitrogens with zero attached hydrogens (tertiary/aromatic N) is 2. The van der Waals surface area contributed by atoms with Crippen LogP contribution in [0.3, 0.4) is 0 Å². The fraction of sp³-hybridized carbons (Fsp3) is 0.0870. The molecule has 2 atom stereocenters. The molecule has 1 saturated heterocycles. The molecule has 2 aliphatic rings. The Morgan fingerprint density at radius 2 is 1.26 bits per heavy atom. The molecule has 2 aliphatic heterocycles. The van der Waals surface area contributed by atoms with Gasteiger partial charge in [0.15, 0.2) is 0 Å². The lowest BCUT2D eigenvalue weighted by Gasteiger charge is -2.49. The van der Waals surface area contributed by atoms with Crippen LogP contribution in [-0.4, -0.2) is 28.7 Å². The number of carbonyl (C=O) groups excluding carboxylic acids is 3. The van der Waals surface area contributed by atoms with Crippen LogP contribution in [0, 0.1) is 5.82 Å². The van der Waals surface area contributed by atoms with E-state index in [1.807, 2.05) is 0 Å². The molecule has 0 N–H and O–H groups in total. The fourth-order valence-corrected chi connectivity index (χ4v) is 5.60. The first-order valence-electron chi connectivity index (χ1n) is 9.82. The van der Waals surface area contributed by atoms with Crippen LogP contribution in [0.1, 0.15) is 32.3 Å². The van der Waals surface area contributed by atoms with Crippen molar-refractivity contribution in [1.82, 2.24) is 4.90 Å². The van der Waals surface area contributed by atoms with Crippen LogP contribution in [0.2, 0.25) is 30.1 Å². The molecule has 0 spiro atoms. The number of hydrogen-bond donors (Lipinski definition) is 0. The van der Waals surface area contributed by atoms with Gasteiger partial charge < -0.3 is 4.90 Å². The molecule has 35 heavy (non-hydrogen) atoms. The number of rotatable bonds is 3. The number of β-lactam (4-membered cyclic amide) rings is 1. The summed E-state index contributed by atoms with van der Waals surface area (Å²) in [6, 6.07) is 7.69. The van der Waals surface area contributed by atoms with Gasteiger partial charge in [0.25, 0.3) is 17.7 Å². The van der Waals surface area contributed by atoms with E-state index in [-0.39, 0.29) is 41.3 Å². The highest BCUT2D eigenvalue weighted by Crippen LogP contribution is 2.49. The number of hydrogen-bond acceptors (Lipinski definition) is 3. The molecule has 1 fully saturated rings. The van der Waals surface area contributed by atoms with Crippen molar-refractivity contribution >= 4 is 93.0 Å². The molecule has 0 bridgehead atoms. The van der Waals surface area contributed by atoms with Gasteiger partial charge >= 0.3 is 0 Å². The van der Waals surface area contributed by atoms with E-state index in [2.05, 4.69) is 0 Å². The second kappa shape index (κ2) is 8.80. The Labute approximate surface area is 227 Å². The quantitative estimate of drug-likeness (QED) is 0.137. The Morgan fingerprint density at radius 1 is 0.657 bits per heavy atom. The normalized spacial score (nSPS) is 19.3. The van der Waals surface area contributed by atoms with E-state index in [1.54, 1.807) is 12.1 Å². The Balaban J connectivity index is 1.65. The molecule has 3 amide bonds. The predicted octanol–water partition coefficient (Wildman–Crippen LogP) is 7.50. The summed E-state index contributed by atoms with van der Waals surface area (Å²) in [5.74, 6) is -2.92. The van der Waals surface area contributed by atoms with E-state index in [0.29, 0.717) is 11.3 Å². The van der Waals surface area contributed by atoms with Crippen LogP contribution in [0.4, 0.5) is 10.1 Å². The SMILES string of the molecule is O=C1c2c(Cl)c(Cl)c(Cl)c(Cl)c2C(=O)N1[C@H]1C(=O)N(c2ccc(Cl)c(Cl)c2)[C@H]1c1cccc(F)c1. The van der Waals surface area contributed by atoms with Crippen molar-refractivity contribution in [1.29, 1.82) is 0 Å².